The van der Waals surface area contributed by atoms with Crippen LogP contribution in [0.4, 0.5) is 15.9 Å². The zero-order valence-electron chi connectivity index (χ0n) is 24.1. The highest BCUT2D eigenvalue weighted by atomic mass is 31.2. The molecule has 1 aliphatic carbocycles. The maximum Gasteiger partial charge on any atom is 0.264 e. The van der Waals surface area contributed by atoms with Crippen LogP contribution in [0.5, 0.6) is 0 Å². The van der Waals surface area contributed by atoms with Crippen LogP contribution < -0.4 is 11.5 Å². The Kier molecular flexibility index (Phi) is 7.84. The fraction of sp³-hybridized carbons (Fsp3) is 0.458. The molecule has 4 N–H and O–H groups in total. The van der Waals surface area contributed by atoms with Crippen LogP contribution in [0.2, 0.25) is 0 Å². The summed E-state index contributed by atoms with van der Waals surface area (Å²) in [6.45, 7) is 3.15. The molecule has 2 saturated heterocycles. The Balaban J connectivity index is 1.20. The van der Waals surface area contributed by atoms with Crippen molar-refractivity contribution in [1.29, 1.82) is 0 Å². The molecule has 46 heavy (non-hydrogen) atoms. The number of alkyl halides is 1. The Morgan fingerprint density at radius 1 is 0.978 bits per heavy atom. The number of nitrogens with two attached hydrogens (primary N) is 2. The summed E-state index contributed by atoms with van der Waals surface area (Å²) in [5, 5.41) is 0. The second kappa shape index (κ2) is 11.5. The number of hydrogen-bond acceptors (Lipinski definition) is 15. The Bertz CT molecular complexity index is 1930. The standard InChI is InChI=1S/C24H26B2FN9O8P2/c1-10-11-5-40-45(25,37)44-19-13(42-24(14(19)27)36-9-34-16-21(29)31-7-32-23(16)36)6-41-46(26,38)43-18(11)20(39-2)17(10)35-8-33-15-12(28)3-4-30-22(15)35/h3-4,7-9,11,13-14,17-20,24H,1,5-6H2,2H3,(H2,28,30)(H2,29,31,32)/t11-,13+,14?,17+,18?,19-,20+,24+,45?,46?/m0/s1. The molecule has 3 fully saturated rings. The second-order valence-electron chi connectivity index (χ2n) is 11.0. The molecule has 0 bridgehead atoms. The minimum absolute atomic E-state index is 0.0645. The summed E-state index contributed by atoms with van der Waals surface area (Å²) < 4.78 is 80.3. The predicted octanol–water partition coefficient (Wildman–Crippen LogP) is 1.78. The Morgan fingerprint density at radius 2 is 1.65 bits per heavy atom. The average Bonchev–Trinajstić information content (AvgIpc) is 3.75. The molecule has 22 heteroatoms. The van der Waals surface area contributed by atoms with Crippen molar-refractivity contribution >= 4 is 63.9 Å². The van der Waals surface area contributed by atoms with Crippen LogP contribution in [-0.4, -0.2) is 100 Å². The third-order valence-corrected chi connectivity index (χ3v) is 10.4. The quantitative estimate of drug-likeness (QED) is 0.180. The van der Waals surface area contributed by atoms with Gasteiger partial charge in [-0.1, -0.05) is 6.58 Å². The SMILES string of the molecule is [B]P1(=O)OC[C@H]2O[C@@H](n3cnc4c(N)ncnc43)C(F)[C@H]2OP([B])(=O)OC[C@H]2C(=C)[C@@H](n3cnc4c(N)ccnc43)[C@@H](OC)C2O1. The fourth-order valence-corrected chi connectivity index (χ4v) is 8.18. The van der Waals surface area contributed by atoms with Gasteiger partial charge in [0.25, 0.3) is 14.9 Å². The van der Waals surface area contributed by atoms with Crippen molar-refractivity contribution in [3.8, 4) is 0 Å². The van der Waals surface area contributed by atoms with Crippen molar-refractivity contribution < 1.29 is 41.1 Å². The van der Waals surface area contributed by atoms with Crippen LogP contribution in [-0.2, 0) is 36.7 Å². The second-order valence-corrected chi connectivity index (χ2v) is 14.1. The molecule has 10 atom stereocenters. The molecule has 4 unspecified atom stereocenters. The van der Waals surface area contributed by atoms with Crippen LogP contribution in [0, 0.1) is 5.92 Å². The van der Waals surface area contributed by atoms with E-state index in [0.29, 0.717) is 22.4 Å². The number of pyridine rings is 1. The zero-order chi connectivity index (χ0) is 32.5. The molecule has 0 spiro atoms. The average molecular weight is 671 g/mol. The summed E-state index contributed by atoms with van der Waals surface area (Å²) >= 11 is 0. The smallest absolute Gasteiger partial charge is 0.264 e. The van der Waals surface area contributed by atoms with Gasteiger partial charge in [-0.15, -0.1) is 0 Å². The van der Waals surface area contributed by atoms with Crippen molar-refractivity contribution in [2.24, 2.45) is 5.92 Å². The van der Waals surface area contributed by atoms with E-state index < -0.39 is 76.9 Å². The first-order valence-electron chi connectivity index (χ1n) is 13.8. The molecule has 4 radical (unpaired) electrons. The Morgan fingerprint density at radius 3 is 2.41 bits per heavy atom. The van der Waals surface area contributed by atoms with Gasteiger partial charge < -0.3 is 43.6 Å². The van der Waals surface area contributed by atoms with Crippen molar-refractivity contribution in [3.63, 3.8) is 0 Å². The van der Waals surface area contributed by atoms with Crippen LogP contribution in [0.1, 0.15) is 12.3 Å². The van der Waals surface area contributed by atoms with E-state index in [0.717, 1.165) is 0 Å². The summed E-state index contributed by atoms with van der Waals surface area (Å²) in [6.07, 6.45) is -3.00. The number of fused-ring (bicyclic) bond motifs is 4. The molecule has 3 aliphatic rings. The highest BCUT2D eigenvalue weighted by Gasteiger charge is 2.54. The third-order valence-electron chi connectivity index (χ3n) is 8.27. The van der Waals surface area contributed by atoms with Crippen LogP contribution in [0.3, 0.4) is 0 Å². The van der Waals surface area contributed by atoms with Gasteiger partial charge in [-0.05, 0) is 11.6 Å². The van der Waals surface area contributed by atoms with Crippen LogP contribution in [0.15, 0.2) is 43.4 Å². The van der Waals surface area contributed by atoms with Gasteiger partial charge in [0.2, 0.25) is 15.1 Å². The minimum atomic E-state index is -4.50. The largest absolute Gasteiger partial charge is 0.397 e. The van der Waals surface area contributed by atoms with Crippen molar-refractivity contribution in [2.75, 3.05) is 31.8 Å². The molecule has 7 rings (SSSR count). The number of nitrogens with zero attached hydrogens (tertiary/aromatic N) is 7. The highest BCUT2D eigenvalue weighted by Crippen LogP contribution is 2.56. The van der Waals surface area contributed by atoms with E-state index in [1.165, 1.54) is 36.9 Å². The number of nitrogen functional groups attached to an aromatic ring is 2. The van der Waals surface area contributed by atoms with Gasteiger partial charge in [-0.25, -0.2) is 29.3 Å². The van der Waals surface area contributed by atoms with Gasteiger partial charge in [0.1, 0.15) is 41.8 Å². The van der Waals surface area contributed by atoms with Gasteiger partial charge >= 0.3 is 0 Å². The Hall–Kier alpha value is -3.21. The molecule has 0 amide bonds. The molecule has 4 aromatic heterocycles. The van der Waals surface area contributed by atoms with E-state index in [2.05, 4.69) is 31.5 Å². The topological polar surface area (TPSA) is 216 Å². The van der Waals surface area contributed by atoms with E-state index in [-0.39, 0.29) is 17.0 Å². The molecular formula is C24H26B2FN9O8P2. The fourth-order valence-electron chi connectivity index (χ4n) is 6.14. The molecule has 0 aromatic carbocycles. The number of imidazole rings is 2. The first-order valence-corrected chi connectivity index (χ1v) is 17.1. The summed E-state index contributed by atoms with van der Waals surface area (Å²) in [4.78, 5) is 20.9. The van der Waals surface area contributed by atoms with Crippen LogP contribution >= 0.6 is 14.9 Å². The van der Waals surface area contributed by atoms with Crippen molar-refractivity contribution in [3.05, 3.63) is 43.4 Å². The molecule has 4 aromatic rings. The van der Waals surface area contributed by atoms with Crippen molar-refractivity contribution in [1.82, 2.24) is 34.1 Å². The lowest BCUT2D eigenvalue weighted by atomic mass is 10.0. The number of ether oxygens (including phenoxy) is 2. The summed E-state index contributed by atoms with van der Waals surface area (Å²) in [5.74, 6) is -0.810. The van der Waals surface area contributed by atoms with Gasteiger partial charge in [0.15, 0.2) is 29.5 Å². The third kappa shape index (κ3) is 5.26. The summed E-state index contributed by atoms with van der Waals surface area (Å²) in [5.41, 5.74) is 14.0. The molecule has 17 nitrogen and oxygen atoms in total. The molecular weight excluding hydrogens is 645 g/mol. The van der Waals surface area contributed by atoms with Gasteiger partial charge in [-0.2, -0.15) is 0 Å². The number of hydrogen-bond donors (Lipinski definition) is 2. The number of methoxy groups -OCH3 is 1. The lowest BCUT2D eigenvalue weighted by Gasteiger charge is -2.31. The van der Waals surface area contributed by atoms with Crippen LogP contribution in [0.25, 0.3) is 22.3 Å². The van der Waals surface area contributed by atoms with E-state index >= 15 is 4.39 Å². The minimum Gasteiger partial charge on any atom is -0.397 e. The molecule has 2 aliphatic heterocycles. The van der Waals surface area contributed by atoms with E-state index in [1.54, 1.807) is 10.6 Å². The van der Waals surface area contributed by atoms with E-state index in [1.807, 2.05) is 0 Å². The maximum atomic E-state index is 16.1. The predicted molar refractivity (Wildman–Crippen MR) is 161 cm³/mol. The normalized spacial score (nSPS) is 37.1. The van der Waals surface area contributed by atoms with Crippen molar-refractivity contribution in [2.45, 2.75) is 42.9 Å². The highest BCUT2D eigenvalue weighted by molar-refractivity contribution is 7.79. The lowest BCUT2D eigenvalue weighted by molar-refractivity contribution is -0.0511. The summed E-state index contributed by atoms with van der Waals surface area (Å²) in [6, 6.07) is 0.889. The monoisotopic (exact) mass is 671 g/mol. The zero-order valence-corrected chi connectivity index (χ0v) is 25.9. The number of aromatic nitrogens is 7. The lowest BCUT2D eigenvalue weighted by Crippen LogP contribution is -2.37. The first kappa shape index (κ1) is 31.4. The van der Waals surface area contributed by atoms with E-state index in [9.17, 15) is 9.13 Å². The molecule has 6 heterocycles. The molecule has 238 valence electrons. The number of rotatable bonds is 3. The maximum absolute atomic E-state index is 16.1. The Labute approximate surface area is 262 Å². The first-order chi connectivity index (χ1) is 21.9. The van der Waals surface area contributed by atoms with Gasteiger partial charge in [0, 0.05) is 19.2 Å². The van der Waals surface area contributed by atoms with E-state index in [4.69, 9.17) is 54.2 Å². The van der Waals surface area contributed by atoms with Gasteiger partial charge in [0.05, 0.1) is 37.6 Å². The number of anilines is 2. The summed E-state index contributed by atoms with van der Waals surface area (Å²) in [7, 11) is 4.54. The number of halogens is 1. The van der Waals surface area contributed by atoms with Gasteiger partial charge in [-0.3, -0.25) is 13.7 Å². The molecule has 1 saturated carbocycles.